The van der Waals surface area contributed by atoms with Crippen LogP contribution in [-0.2, 0) is 12.7 Å². The summed E-state index contributed by atoms with van der Waals surface area (Å²) in [6.07, 6.45) is -4.31. The van der Waals surface area contributed by atoms with Crippen LogP contribution in [0.15, 0.2) is 35.7 Å². The van der Waals surface area contributed by atoms with E-state index in [9.17, 15) is 13.2 Å². The fourth-order valence-electron chi connectivity index (χ4n) is 1.77. The van der Waals surface area contributed by atoms with Crippen LogP contribution in [-0.4, -0.2) is 13.2 Å². The second-order valence-corrected chi connectivity index (χ2v) is 5.57. The number of halogens is 3. The number of nitrogens with one attached hydrogen (secondary N) is 1. The smallest absolute Gasteiger partial charge is 0.416 e. The largest absolute Gasteiger partial charge is 0.492 e. The number of aryl methyl sites for hydroxylation is 1. The van der Waals surface area contributed by atoms with Crippen molar-refractivity contribution in [3.8, 4) is 5.75 Å². The van der Waals surface area contributed by atoms with E-state index < -0.39 is 11.7 Å². The summed E-state index contributed by atoms with van der Waals surface area (Å²) in [7, 11) is 0. The van der Waals surface area contributed by atoms with Gasteiger partial charge in [-0.05, 0) is 48.2 Å². The lowest BCUT2D eigenvalue weighted by atomic mass is 10.2. The molecule has 2 rings (SSSR count). The fourth-order valence-corrected chi connectivity index (χ4v) is 2.64. The van der Waals surface area contributed by atoms with Crippen LogP contribution in [0.4, 0.5) is 13.2 Å². The summed E-state index contributed by atoms with van der Waals surface area (Å²) in [5.41, 5.74) is 0.595. The maximum atomic E-state index is 12.4. The third-order valence-corrected chi connectivity index (χ3v) is 4.01. The van der Waals surface area contributed by atoms with Gasteiger partial charge in [-0.2, -0.15) is 13.2 Å². The predicted octanol–water partition coefficient (Wildman–Crippen LogP) is 4.24. The highest BCUT2D eigenvalue weighted by atomic mass is 32.1. The van der Waals surface area contributed by atoms with Crippen molar-refractivity contribution in [2.75, 3.05) is 13.2 Å². The first-order valence-corrected chi connectivity index (χ1v) is 7.38. The van der Waals surface area contributed by atoms with Crippen molar-refractivity contribution in [1.29, 1.82) is 0 Å². The van der Waals surface area contributed by atoms with Crippen LogP contribution in [0, 0.1) is 6.92 Å². The zero-order chi connectivity index (χ0) is 15.3. The van der Waals surface area contributed by atoms with Gasteiger partial charge in [-0.3, -0.25) is 0 Å². The quantitative estimate of drug-likeness (QED) is 0.805. The summed E-state index contributed by atoms with van der Waals surface area (Å²) in [5, 5.41) is 5.29. The number of rotatable bonds is 6. The Balaban J connectivity index is 1.70. The average molecular weight is 315 g/mol. The first-order chi connectivity index (χ1) is 9.97. The topological polar surface area (TPSA) is 21.3 Å². The van der Waals surface area contributed by atoms with Gasteiger partial charge < -0.3 is 10.1 Å². The maximum Gasteiger partial charge on any atom is 0.416 e. The lowest BCUT2D eigenvalue weighted by Crippen LogP contribution is -2.20. The molecule has 1 aromatic heterocycles. The number of thiophene rings is 1. The molecule has 2 nitrogen and oxygen atoms in total. The van der Waals surface area contributed by atoms with Crippen LogP contribution >= 0.6 is 11.3 Å². The molecule has 1 heterocycles. The number of ether oxygens (including phenoxy) is 1. The summed E-state index contributed by atoms with van der Waals surface area (Å²) >= 11 is 1.70. The molecule has 0 saturated carbocycles. The first kappa shape index (κ1) is 15.9. The lowest BCUT2D eigenvalue weighted by Gasteiger charge is -2.09. The van der Waals surface area contributed by atoms with Crippen molar-refractivity contribution < 1.29 is 17.9 Å². The fraction of sp³-hybridized carbons (Fsp3) is 0.333. The Kier molecular flexibility index (Phi) is 5.25. The average Bonchev–Trinajstić information content (AvgIpc) is 2.84. The third kappa shape index (κ3) is 4.75. The van der Waals surface area contributed by atoms with Gasteiger partial charge >= 0.3 is 6.18 Å². The standard InChI is InChI=1S/C15H16F3NOS/c1-11-6-9-21-14(11)10-19-7-8-20-13-4-2-12(3-5-13)15(16,17)18/h2-6,9,19H,7-8,10H2,1H3. The van der Waals surface area contributed by atoms with Crippen molar-refractivity contribution in [2.45, 2.75) is 19.6 Å². The minimum Gasteiger partial charge on any atom is -0.492 e. The Hall–Kier alpha value is -1.53. The molecule has 114 valence electrons. The minimum absolute atomic E-state index is 0.412. The van der Waals surface area contributed by atoms with Crippen LogP contribution in [0.1, 0.15) is 16.0 Å². The summed E-state index contributed by atoms with van der Waals surface area (Å²) in [6, 6.07) is 6.80. The van der Waals surface area contributed by atoms with E-state index in [4.69, 9.17) is 4.74 Å². The van der Waals surface area contributed by atoms with Crippen LogP contribution in [0.2, 0.25) is 0 Å². The molecule has 0 fully saturated rings. The van der Waals surface area contributed by atoms with Crippen molar-refractivity contribution in [3.63, 3.8) is 0 Å². The third-order valence-electron chi connectivity index (χ3n) is 2.98. The molecule has 0 aliphatic heterocycles. The van der Waals surface area contributed by atoms with Crippen molar-refractivity contribution in [3.05, 3.63) is 51.7 Å². The van der Waals surface area contributed by atoms with E-state index in [0.29, 0.717) is 18.9 Å². The van der Waals surface area contributed by atoms with Gasteiger partial charge in [0.05, 0.1) is 5.56 Å². The number of benzene rings is 1. The van der Waals surface area contributed by atoms with Gasteiger partial charge in [0.25, 0.3) is 0 Å². The molecule has 0 aliphatic carbocycles. The van der Waals surface area contributed by atoms with Crippen molar-refractivity contribution in [2.24, 2.45) is 0 Å². The maximum absolute atomic E-state index is 12.4. The molecule has 1 N–H and O–H groups in total. The monoisotopic (exact) mass is 315 g/mol. The molecular formula is C15H16F3NOS. The molecule has 0 saturated heterocycles. The molecule has 0 atom stereocenters. The highest BCUT2D eigenvalue weighted by Crippen LogP contribution is 2.30. The van der Waals surface area contributed by atoms with Gasteiger partial charge in [-0.1, -0.05) is 0 Å². The van der Waals surface area contributed by atoms with Gasteiger partial charge in [0.1, 0.15) is 12.4 Å². The minimum atomic E-state index is -4.31. The second kappa shape index (κ2) is 6.95. The van der Waals surface area contributed by atoms with Gasteiger partial charge in [-0.25, -0.2) is 0 Å². The summed E-state index contributed by atoms with van der Waals surface area (Å²) in [4.78, 5) is 1.28. The zero-order valence-electron chi connectivity index (χ0n) is 11.5. The normalized spacial score (nSPS) is 11.6. The highest BCUT2D eigenvalue weighted by molar-refractivity contribution is 7.10. The highest BCUT2D eigenvalue weighted by Gasteiger charge is 2.29. The Morgan fingerprint density at radius 2 is 1.86 bits per heavy atom. The summed E-state index contributed by atoms with van der Waals surface area (Å²) in [6.45, 7) is 3.89. The molecule has 1 aromatic carbocycles. The molecule has 0 spiro atoms. The van der Waals surface area contributed by atoms with E-state index in [1.54, 1.807) is 11.3 Å². The van der Waals surface area contributed by atoms with Crippen LogP contribution in [0.25, 0.3) is 0 Å². The van der Waals surface area contributed by atoms with Crippen LogP contribution in [0.5, 0.6) is 5.75 Å². The Labute approximate surface area is 125 Å². The Bertz CT molecular complexity index is 563. The summed E-state index contributed by atoms with van der Waals surface area (Å²) in [5.74, 6) is 0.442. The molecule has 0 amide bonds. The first-order valence-electron chi connectivity index (χ1n) is 6.50. The van der Waals surface area contributed by atoms with E-state index in [1.807, 2.05) is 5.38 Å². The zero-order valence-corrected chi connectivity index (χ0v) is 12.4. The van der Waals surface area contributed by atoms with Crippen LogP contribution in [0.3, 0.4) is 0 Å². The molecule has 2 aromatic rings. The SMILES string of the molecule is Cc1ccsc1CNCCOc1ccc(C(F)(F)F)cc1. The van der Waals surface area contributed by atoms with Crippen LogP contribution < -0.4 is 10.1 Å². The van der Waals surface area contributed by atoms with E-state index in [1.165, 1.54) is 22.6 Å². The molecule has 0 unspecified atom stereocenters. The Morgan fingerprint density at radius 1 is 1.14 bits per heavy atom. The van der Waals surface area contributed by atoms with E-state index >= 15 is 0 Å². The van der Waals surface area contributed by atoms with Gasteiger partial charge in [0.15, 0.2) is 0 Å². The van der Waals surface area contributed by atoms with Gasteiger partial charge in [-0.15, -0.1) is 11.3 Å². The molecule has 0 radical (unpaired) electrons. The number of hydrogen-bond acceptors (Lipinski definition) is 3. The number of hydrogen-bond donors (Lipinski definition) is 1. The molecule has 0 aliphatic rings. The van der Waals surface area contributed by atoms with Gasteiger partial charge in [0, 0.05) is 18.0 Å². The van der Waals surface area contributed by atoms with Crippen molar-refractivity contribution >= 4 is 11.3 Å². The van der Waals surface area contributed by atoms with E-state index in [0.717, 1.165) is 18.7 Å². The summed E-state index contributed by atoms with van der Waals surface area (Å²) < 4.78 is 42.6. The molecule has 6 heteroatoms. The molecule has 21 heavy (non-hydrogen) atoms. The number of alkyl halides is 3. The van der Waals surface area contributed by atoms with E-state index in [-0.39, 0.29) is 0 Å². The van der Waals surface area contributed by atoms with Gasteiger partial charge in [0.2, 0.25) is 0 Å². The second-order valence-electron chi connectivity index (χ2n) is 4.57. The molecule has 0 bridgehead atoms. The lowest BCUT2D eigenvalue weighted by molar-refractivity contribution is -0.137. The predicted molar refractivity (Wildman–Crippen MR) is 77.7 cm³/mol. The van der Waals surface area contributed by atoms with Crippen molar-refractivity contribution in [1.82, 2.24) is 5.32 Å². The Morgan fingerprint density at radius 3 is 2.43 bits per heavy atom. The van der Waals surface area contributed by atoms with E-state index in [2.05, 4.69) is 18.3 Å². The molecular weight excluding hydrogens is 299 g/mol.